The molecule has 0 unspecified atom stereocenters. The van der Waals surface area contributed by atoms with Crippen molar-refractivity contribution in [2.75, 3.05) is 0 Å². The normalized spacial score (nSPS) is 11.0. The van der Waals surface area contributed by atoms with Crippen LogP contribution >= 0.6 is 0 Å². The second kappa shape index (κ2) is 6.58. The summed E-state index contributed by atoms with van der Waals surface area (Å²) in [5, 5.41) is 25.0. The van der Waals surface area contributed by atoms with Crippen molar-refractivity contribution in [3.63, 3.8) is 0 Å². The number of hydrogen-bond acceptors (Lipinski definition) is 5. The Morgan fingerprint density at radius 1 is 1.04 bits per heavy atom. The van der Waals surface area contributed by atoms with E-state index in [1.165, 1.54) is 0 Å². The number of carboxylic acid groups (broad SMARTS) is 1. The van der Waals surface area contributed by atoms with E-state index in [9.17, 15) is 4.79 Å². The molecular weight excluding hydrogens is 306 g/mol. The van der Waals surface area contributed by atoms with Crippen LogP contribution in [0.15, 0.2) is 64.7 Å². The molecule has 0 spiro atoms. The third kappa shape index (κ3) is 3.05. The maximum absolute atomic E-state index is 10.9. The van der Waals surface area contributed by atoms with Crippen LogP contribution in [-0.2, 0) is 4.79 Å². The van der Waals surface area contributed by atoms with Crippen molar-refractivity contribution in [1.29, 1.82) is 5.26 Å². The predicted molar refractivity (Wildman–Crippen MR) is 86.4 cm³/mol. The molecule has 0 radical (unpaired) electrons. The maximum Gasteiger partial charge on any atom is 0.346 e. The lowest BCUT2D eigenvalue weighted by Gasteiger charge is -2.02. The van der Waals surface area contributed by atoms with Crippen LogP contribution in [0.3, 0.4) is 0 Å². The van der Waals surface area contributed by atoms with Gasteiger partial charge in [0.25, 0.3) is 0 Å². The highest BCUT2D eigenvalue weighted by molar-refractivity contribution is 5.97. The summed E-state index contributed by atoms with van der Waals surface area (Å²) in [5.74, 6) is -1.02. The van der Waals surface area contributed by atoms with E-state index in [0.717, 1.165) is 17.2 Å². The molecule has 24 heavy (non-hydrogen) atoms. The molecule has 0 aliphatic carbocycles. The zero-order valence-electron chi connectivity index (χ0n) is 12.4. The van der Waals surface area contributed by atoms with Gasteiger partial charge in [-0.25, -0.2) is 4.79 Å². The minimum absolute atomic E-state index is 0.196. The summed E-state index contributed by atoms with van der Waals surface area (Å²) in [5.41, 5.74) is 2.56. The van der Waals surface area contributed by atoms with Crippen LogP contribution < -0.4 is 0 Å². The average Bonchev–Trinajstić information content (AvgIpc) is 3.08. The molecule has 1 N–H and O–H groups in total. The van der Waals surface area contributed by atoms with Crippen molar-refractivity contribution in [2.24, 2.45) is 0 Å². The summed E-state index contributed by atoms with van der Waals surface area (Å²) in [4.78, 5) is 10.9. The maximum atomic E-state index is 10.9. The monoisotopic (exact) mass is 317 g/mol. The lowest BCUT2D eigenvalue weighted by Crippen LogP contribution is -1.97. The third-order valence-corrected chi connectivity index (χ3v) is 3.40. The standard InChI is InChI=1S/C18H11N3O3/c19-11-15(18(22)23)10-16-17(24-21-20-16)14-8-6-13(7-9-14)12-4-2-1-3-5-12/h1-10H,(H,22,23)/b15-10+. The number of carboxylic acids is 1. The van der Waals surface area contributed by atoms with Gasteiger partial charge in [0.2, 0.25) is 0 Å². The van der Waals surface area contributed by atoms with Gasteiger partial charge in [-0.2, -0.15) is 5.26 Å². The van der Waals surface area contributed by atoms with Gasteiger partial charge in [0.1, 0.15) is 17.3 Å². The molecule has 0 aliphatic rings. The second-order valence-corrected chi connectivity index (χ2v) is 4.91. The number of nitrogens with zero attached hydrogens (tertiary/aromatic N) is 3. The highest BCUT2D eigenvalue weighted by Crippen LogP contribution is 2.27. The number of hydrogen-bond donors (Lipinski definition) is 1. The van der Waals surface area contributed by atoms with Crippen LogP contribution in [0, 0.1) is 11.3 Å². The van der Waals surface area contributed by atoms with Gasteiger partial charge in [0.15, 0.2) is 5.76 Å². The summed E-state index contributed by atoms with van der Waals surface area (Å²) in [6.45, 7) is 0. The Bertz CT molecular complexity index is 936. The Hall–Kier alpha value is -3.72. The van der Waals surface area contributed by atoms with E-state index >= 15 is 0 Å². The van der Waals surface area contributed by atoms with Gasteiger partial charge in [-0.1, -0.05) is 54.6 Å². The molecular formula is C18H11N3O3. The van der Waals surface area contributed by atoms with Crippen molar-refractivity contribution in [2.45, 2.75) is 0 Å². The molecule has 1 aromatic heterocycles. The highest BCUT2D eigenvalue weighted by Gasteiger charge is 2.14. The fraction of sp³-hybridized carbons (Fsp3) is 0. The predicted octanol–water partition coefficient (Wildman–Crippen LogP) is 3.40. The van der Waals surface area contributed by atoms with E-state index in [1.807, 2.05) is 54.6 Å². The van der Waals surface area contributed by atoms with Crippen LogP contribution in [0.1, 0.15) is 5.69 Å². The molecule has 3 aromatic rings. The summed E-state index contributed by atoms with van der Waals surface area (Å²) < 4.78 is 5.11. The topological polar surface area (TPSA) is 100 Å². The summed E-state index contributed by atoms with van der Waals surface area (Å²) in [7, 11) is 0. The van der Waals surface area contributed by atoms with Crippen molar-refractivity contribution in [3.8, 4) is 28.5 Å². The molecule has 6 heteroatoms. The van der Waals surface area contributed by atoms with Gasteiger partial charge in [-0.15, -0.1) is 5.10 Å². The summed E-state index contributed by atoms with van der Waals surface area (Å²) in [6, 6.07) is 19.0. The smallest absolute Gasteiger partial charge is 0.346 e. The van der Waals surface area contributed by atoms with E-state index in [1.54, 1.807) is 6.07 Å². The van der Waals surface area contributed by atoms with Crippen LogP contribution in [0.5, 0.6) is 0 Å². The van der Waals surface area contributed by atoms with Crippen LogP contribution in [0.2, 0.25) is 0 Å². The first-order valence-electron chi connectivity index (χ1n) is 7.02. The third-order valence-electron chi connectivity index (χ3n) is 3.40. The van der Waals surface area contributed by atoms with Gasteiger partial charge in [0.05, 0.1) is 0 Å². The molecule has 0 bridgehead atoms. The van der Waals surface area contributed by atoms with Gasteiger partial charge in [-0.05, 0) is 17.2 Å². The van der Waals surface area contributed by atoms with Gasteiger partial charge >= 0.3 is 5.97 Å². The fourth-order valence-corrected chi connectivity index (χ4v) is 2.22. The Morgan fingerprint density at radius 3 is 2.29 bits per heavy atom. The molecule has 0 saturated carbocycles. The fourth-order valence-electron chi connectivity index (χ4n) is 2.22. The van der Waals surface area contributed by atoms with E-state index in [0.29, 0.717) is 11.3 Å². The molecule has 6 nitrogen and oxygen atoms in total. The molecule has 116 valence electrons. The summed E-state index contributed by atoms with van der Waals surface area (Å²) in [6.07, 6.45) is 1.14. The molecule has 0 aliphatic heterocycles. The number of rotatable bonds is 4. The van der Waals surface area contributed by atoms with Crippen molar-refractivity contribution in [1.82, 2.24) is 10.4 Å². The molecule has 1 heterocycles. The first-order valence-corrected chi connectivity index (χ1v) is 7.02. The lowest BCUT2D eigenvalue weighted by molar-refractivity contribution is -0.132. The molecule has 0 saturated heterocycles. The second-order valence-electron chi connectivity index (χ2n) is 4.91. The van der Waals surface area contributed by atoms with Crippen LogP contribution in [0.25, 0.3) is 28.5 Å². The van der Waals surface area contributed by atoms with Crippen molar-refractivity contribution >= 4 is 12.0 Å². The number of carbonyl (C=O) groups is 1. The minimum Gasteiger partial charge on any atom is -0.477 e. The zero-order valence-corrected chi connectivity index (χ0v) is 12.4. The number of aromatic nitrogens is 2. The largest absolute Gasteiger partial charge is 0.477 e. The molecule has 0 amide bonds. The van der Waals surface area contributed by atoms with Gasteiger partial charge in [-0.3, -0.25) is 0 Å². The lowest BCUT2D eigenvalue weighted by atomic mass is 10.0. The molecule has 2 aromatic carbocycles. The summed E-state index contributed by atoms with van der Waals surface area (Å²) >= 11 is 0. The first-order chi connectivity index (χ1) is 11.7. The number of nitriles is 1. The van der Waals surface area contributed by atoms with E-state index in [2.05, 4.69) is 10.4 Å². The SMILES string of the molecule is N#C/C(=C\c1nnoc1-c1ccc(-c2ccccc2)cc1)C(=O)O. The van der Waals surface area contributed by atoms with Gasteiger partial charge < -0.3 is 9.63 Å². The molecule has 3 rings (SSSR count). The Labute approximate surface area is 137 Å². The molecule has 0 atom stereocenters. The Balaban J connectivity index is 1.96. The average molecular weight is 317 g/mol. The number of aliphatic carboxylic acids is 1. The quantitative estimate of drug-likeness (QED) is 0.584. The van der Waals surface area contributed by atoms with Crippen molar-refractivity contribution < 1.29 is 14.4 Å². The van der Waals surface area contributed by atoms with Crippen LogP contribution in [-0.4, -0.2) is 21.4 Å². The first kappa shape index (κ1) is 15.2. The minimum atomic E-state index is -1.33. The van der Waals surface area contributed by atoms with Crippen molar-refractivity contribution in [3.05, 3.63) is 65.9 Å². The molecule has 0 fully saturated rings. The van der Waals surface area contributed by atoms with E-state index < -0.39 is 11.5 Å². The van der Waals surface area contributed by atoms with Crippen LogP contribution in [0.4, 0.5) is 0 Å². The van der Waals surface area contributed by atoms with E-state index in [-0.39, 0.29) is 5.69 Å². The van der Waals surface area contributed by atoms with Gasteiger partial charge in [0, 0.05) is 10.8 Å². The zero-order chi connectivity index (χ0) is 16.9. The Morgan fingerprint density at radius 2 is 1.67 bits per heavy atom. The van der Waals surface area contributed by atoms with E-state index in [4.69, 9.17) is 14.9 Å². The Kier molecular flexibility index (Phi) is 4.17. The highest BCUT2D eigenvalue weighted by atomic mass is 16.5. The number of benzene rings is 2.